The van der Waals surface area contributed by atoms with Gasteiger partial charge >= 0.3 is 6.09 Å². The number of hydrogen-bond donors (Lipinski definition) is 0. The second-order valence-corrected chi connectivity index (χ2v) is 8.32. The van der Waals surface area contributed by atoms with E-state index in [9.17, 15) is 9.59 Å². The van der Waals surface area contributed by atoms with Crippen molar-refractivity contribution in [2.45, 2.75) is 64.6 Å². The molecule has 0 N–H and O–H groups in total. The van der Waals surface area contributed by atoms with Gasteiger partial charge in [0.15, 0.2) is 0 Å². The van der Waals surface area contributed by atoms with Crippen molar-refractivity contribution in [1.82, 2.24) is 14.8 Å². The fourth-order valence-electron chi connectivity index (χ4n) is 3.36. The SMILES string of the molecule is CC(C)(C)OC(=O)N1CCC[C@@H](C(=O)N(Cc2ccncc2)C2CC2)C1. The Hall–Kier alpha value is -2.11. The van der Waals surface area contributed by atoms with E-state index in [0.717, 1.165) is 31.2 Å². The third-order valence-corrected chi connectivity index (χ3v) is 4.80. The molecule has 0 unspecified atom stereocenters. The highest BCUT2D eigenvalue weighted by atomic mass is 16.6. The van der Waals surface area contributed by atoms with Crippen LogP contribution in [0, 0.1) is 5.92 Å². The fraction of sp³-hybridized carbons (Fsp3) is 0.650. The van der Waals surface area contributed by atoms with Crippen molar-refractivity contribution in [2.75, 3.05) is 13.1 Å². The number of carbonyl (C=O) groups is 2. The zero-order chi connectivity index (χ0) is 18.7. The third kappa shape index (κ3) is 4.96. The number of aromatic nitrogens is 1. The monoisotopic (exact) mass is 359 g/mol. The van der Waals surface area contributed by atoms with Crippen LogP contribution < -0.4 is 0 Å². The van der Waals surface area contributed by atoms with Crippen molar-refractivity contribution in [3.63, 3.8) is 0 Å². The highest BCUT2D eigenvalue weighted by Gasteiger charge is 2.38. The Labute approximate surface area is 155 Å². The summed E-state index contributed by atoms with van der Waals surface area (Å²) in [6.45, 7) is 7.32. The lowest BCUT2D eigenvalue weighted by Gasteiger charge is -2.36. The van der Waals surface area contributed by atoms with Crippen LogP contribution in [0.2, 0.25) is 0 Å². The van der Waals surface area contributed by atoms with Crippen LogP contribution >= 0.6 is 0 Å². The van der Waals surface area contributed by atoms with Crippen LogP contribution in [0.1, 0.15) is 52.0 Å². The number of carbonyl (C=O) groups excluding carboxylic acids is 2. The summed E-state index contributed by atoms with van der Waals surface area (Å²) in [7, 11) is 0. The maximum atomic E-state index is 13.2. The van der Waals surface area contributed by atoms with Crippen LogP contribution in [0.5, 0.6) is 0 Å². The molecule has 3 rings (SSSR count). The first kappa shape index (κ1) is 18.7. The van der Waals surface area contributed by atoms with E-state index in [0.29, 0.717) is 25.7 Å². The van der Waals surface area contributed by atoms with Crippen LogP contribution in [0.25, 0.3) is 0 Å². The van der Waals surface area contributed by atoms with Crippen molar-refractivity contribution in [3.05, 3.63) is 30.1 Å². The summed E-state index contributed by atoms with van der Waals surface area (Å²) in [5.41, 5.74) is 0.579. The van der Waals surface area contributed by atoms with Crippen LogP contribution in [-0.2, 0) is 16.1 Å². The largest absolute Gasteiger partial charge is 0.444 e. The summed E-state index contributed by atoms with van der Waals surface area (Å²) >= 11 is 0. The Bertz CT molecular complexity index is 637. The van der Waals surface area contributed by atoms with Crippen LogP contribution in [0.3, 0.4) is 0 Å². The lowest BCUT2D eigenvalue weighted by atomic mass is 9.96. The van der Waals surface area contributed by atoms with E-state index in [1.54, 1.807) is 17.3 Å². The van der Waals surface area contributed by atoms with E-state index in [2.05, 4.69) is 4.98 Å². The summed E-state index contributed by atoms with van der Waals surface area (Å²) in [4.78, 5) is 33.3. The summed E-state index contributed by atoms with van der Waals surface area (Å²) in [6.07, 6.45) is 7.01. The van der Waals surface area contributed by atoms with Gasteiger partial charge in [-0.3, -0.25) is 9.78 Å². The van der Waals surface area contributed by atoms with Crippen LogP contribution in [0.4, 0.5) is 4.79 Å². The van der Waals surface area contributed by atoms with E-state index < -0.39 is 5.60 Å². The van der Waals surface area contributed by atoms with Crippen LogP contribution in [-0.4, -0.2) is 51.5 Å². The lowest BCUT2D eigenvalue weighted by molar-refractivity contribution is -0.138. The van der Waals surface area contributed by atoms with Gasteiger partial charge in [0, 0.05) is 38.1 Å². The van der Waals surface area contributed by atoms with Gasteiger partial charge in [-0.2, -0.15) is 0 Å². The minimum atomic E-state index is -0.518. The first-order valence-electron chi connectivity index (χ1n) is 9.51. The van der Waals surface area contributed by atoms with E-state index in [4.69, 9.17) is 4.74 Å². The smallest absolute Gasteiger partial charge is 0.410 e. The Morgan fingerprint density at radius 3 is 2.54 bits per heavy atom. The van der Waals surface area contributed by atoms with Gasteiger partial charge < -0.3 is 14.5 Å². The molecule has 1 saturated heterocycles. The maximum Gasteiger partial charge on any atom is 0.410 e. The molecule has 1 aromatic rings. The quantitative estimate of drug-likeness (QED) is 0.828. The Kier molecular flexibility index (Phi) is 5.49. The molecule has 0 aromatic carbocycles. The van der Waals surface area contributed by atoms with E-state index in [-0.39, 0.29) is 17.9 Å². The Balaban J connectivity index is 1.64. The zero-order valence-electron chi connectivity index (χ0n) is 16.0. The predicted molar refractivity (Wildman–Crippen MR) is 98.3 cm³/mol. The normalized spacial score (nSPS) is 20.6. The second-order valence-electron chi connectivity index (χ2n) is 8.32. The molecule has 0 radical (unpaired) electrons. The molecule has 2 aliphatic rings. The molecule has 2 heterocycles. The number of nitrogens with zero attached hydrogens (tertiary/aromatic N) is 3. The summed E-state index contributed by atoms with van der Waals surface area (Å²) < 4.78 is 5.48. The van der Waals surface area contributed by atoms with Crippen molar-refractivity contribution in [3.8, 4) is 0 Å². The molecule has 1 aliphatic heterocycles. The number of rotatable bonds is 4. The summed E-state index contributed by atoms with van der Waals surface area (Å²) in [5, 5.41) is 0. The number of ether oxygens (including phenoxy) is 1. The highest BCUT2D eigenvalue weighted by Crippen LogP contribution is 2.31. The average molecular weight is 359 g/mol. The van der Waals surface area contributed by atoms with Gasteiger partial charge in [0.25, 0.3) is 0 Å². The summed E-state index contributed by atoms with van der Waals surface area (Å²) in [6, 6.07) is 4.25. The van der Waals surface area contributed by atoms with Gasteiger partial charge in [0.1, 0.15) is 5.60 Å². The lowest BCUT2D eigenvalue weighted by Crippen LogP contribution is -2.48. The Morgan fingerprint density at radius 1 is 1.23 bits per heavy atom. The number of piperidine rings is 1. The number of likely N-dealkylation sites (tertiary alicyclic amines) is 1. The molecule has 0 spiro atoms. The molecule has 1 aromatic heterocycles. The van der Waals surface area contributed by atoms with Gasteiger partial charge in [0.05, 0.1) is 5.92 Å². The molecule has 1 atom stereocenters. The van der Waals surface area contributed by atoms with Crippen LogP contribution in [0.15, 0.2) is 24.5 Å². The topological polar surface area (TPSA) is 62.7 Å². The first-order chi connectivity index (χ1) is 12.3. The van der Waals surface area contributed by atoms with Gasteiger partial charge in [-0.1, -0.05) is 0 Å². The third-order valence-electron chi connectivity index (χ3n) is 4.80. The van der Waals surface area contributed by atoms with Crippen molar-refractivity contribution in [1.29, 1.82) is 0 Å². The number of pyridine rings is 1. The average Bonchev–Trinajstić information content (AvgIpc) is 3.43. The fourth-order valence-corrected chi connectivity index (χ4v) is 3.36. The molecule has 6 heteroatoms. The standard InChI is InChI=1S/C20H29N3O3/c1-20(2,3)26-19(25)22-12-4-5-16(14-22)18(24)23(17-6-7-17)13-15-8-10-21-11-9-15/h8-11,16-17H,4-7,12-14H2,1-3H3/t16-/m1/s1. The van der Waals surface area contributed by atoms with E-state index >= 15 is 0 Å². The molecule has 1 aliphatic carbocycles. The predicted octanol–water partition coefficient (Wildman–Crippen LogP) is 3.22. The molecule has 142 valence electrons. The van der Waals surface area contributed by atoms with Gasteiger partial charge in [-0.25, -0.2) is 4.79 Å². The molecule has 1 saturated carbocycles. The minimum Gasteiger partial charge on any atom is -0.444 e. The molecule has 0 bridgehead atoms. The molecule has 26 heavy (non-hydrogen) atoms. The van der Waals surface area contributed by atoms with Gasteiger partial charge in [-0.15, -0.1) is 0 Å². The number of hydrogen-bond acceptors (Lipinski definition) is 4. The van der Waals surface area contributed by atoms with E-state index in [1.165, 1.54) is 0 Å². The second kappa shape index (κ2) is 7.64. The minimum absolute atomic E-state index is 0.140. The molecule has 6 nitrogen and oxygen atoms in total. The van der Waals surface area contributed by atoms with Crippen molar-refractivity contribution < 1.29 is 14.3 Å². The maximum absolute atomic E-state index is 13.2. The zero-order valence-corrected chi connectivity index (χ0v) is 16.0. The molecule has 2 fully saturated rings. The first-order valence-corrected chi connectivity index (χ1v) is 9.51. The van der Waals surface area contributed by atoms with Gasteiger partial charge in [-0.05, 0) is 64.2 Å². The molecular weight excluding hydrogens is 330 g/mol. The number of amides is 2. The highest BCUT2D eigenvalue weighted by molar-refractivity contribution is 5.80. The molecular formula is C20H29N3O3. The Morgan fingerprint density at radius 2 is 1.92 bits per heavy atom. The van der Waals surface area contributed by atoms with Crippen molar-refractivity contribution >= 4 is 12.0 Å². The van der Waals surface area contributed by atoms with Gasteiger partial charge in [0.2, 0.25) is 5.91 Å². The summed E-state index contributed by atoms with van der Waals surface area (Å²) in [5.74, 6) is 0.0243. The van der Waals surface area contributed by atoms with Crippen molar-refractivity contribution in [2.24, 2.45) is 5.92 Å². The molecule has 2 amide bonds. The van der Waals surface area contributed by atoms with E-state index in [1.807, 2.05) is 37.8 Å².